The summed E-state index contributed by atoms with van der Waals surface area (Å²) in [7, 11) is 1.54. The normalized spacial score (nSPS) is 51.8. The molecule has 0 aromatic rings. The SMILES string of the molecule is COC(=O)[C@H]1CC[C@H]2[C@@H]3[C@@H](C)C=C4C[C@@H](O)CC[C@]4(C)[C@H]3CC[C@]12C. The van der Waals surface area contributed by atoms with Crippen LogP contribution in [0.3, 0.4) is 0 Å². The highest BCUT2D eigenvalue weighted by atomic mass is 16.5. The number of hydrogen-bond acceptors (Lipinski definition) is 3. The Bertz CT molecular complexity index is 596. The van der Waals surface area contributed by atoms with E-state index in [1.165, 1.54) is 25.5 Å². The summed E-state index contributed by atoms with van der Waals surface area (Å²) in [4.78, 5) is 12.4. The highest BCUT2D eigenvalue weighted by Gasteiger charge is 2.61. The van der Waals surface area contributed by atoms with Gasteiger partial charge in [-0.15, -0.1) is 0 Å². The summed E-state index contributed by atoms with van der Waals surface area (Å²) >= 11 is 0. The molecular weight excluding hydrogens is 312 g/mol. The van der Waals surface area contributed by atoms with Gasteiger partial charge in [0.05, 0.1) is 19.1 Å². The molecule has 3 nitrogen and oxygen atoms in total. The van der Waals surface area contributed by atoms with Gasteiger partial charge in [0.25, 0.3) is 0 Å². The number of methoxy groups -OCH3 is 1. The Morgan fingerprint density at radius 2 is 1.92 bits per heavy atom. The van der Waals surface area contributed by atoms with Crippen LogP contribution in [0.1, 0.15) is 65.7 Å². The molecule has 8 atom stereocenters. The zero-order valence-electron chi connectivity index (χ0n) is 16.3. The first-order valence-corrected chi connectivity index (χ1v) is 10.3. The smallest absolute Gasteiger partial charge is 0.309 e. The Balaban J connectivity index is 1.69. The summed E-state index contributed by atoms with van der Waals surface area (Å²) in [6, 6.07) is 0. The van der Waals surface area contributed by atoms with Crippen LogP contribution >= 0.6 is 0 Å². The number of aliphatic hydroxyl groups excluding tert-OH is 1. The van der Waals surface area contributed by atoms with Crippen molar-refractivity contribution in [2.45, 2.75) is 71.8 Å². The number of carbonyl (C=O) groups is 1. The second kappa shape index (κ2) is 5.84. The van der Waals surface area contributed by atoms with Gasteiger partial charge in [-0.1, -0.05) is 32.4 Å². The fourth-order valence-corrected chi connectivity index (χ4v) is 7.53. The Labute approximate surface area is 152 Å². The van der Waals surface area contributed by atoms with E-state index in [-0.39, 0.29) is 28.8 Å². The lowest BCUT2D eigenvalue weighted by molar-refractivity contribution is -0.153. The lowest BCUT2D eigenvalue weighted by atomic mass is 9.45. The largest absolute Gasteiger partial charge is 0.469 e. The maximum atomic E-state index is 12.4. The summed E-state index contributed by atoms with van der Waals surface area (Å²) in [5, 5.41) is 10.2. The molecule has 0 aromatic heterocycles. The molecule has 3 heteroatoms. The van der Waals surface area contributed by atoms with Gasteiger partial charge in [-0.2, -0.15) is 0 Å². The van der Waals surface area contributed by atoms with Crippen LogP contribution in [0, 0.1) is 40.4 Å². The molecule has 0 amide bonds. The van der Waals surface area contributed by atoms with Crippen molar-refractivity contribution in [2.24, 2.45) is 40.4 Å². The van der Waals surface area contributed by atoms with Crippen molar-refractivity contribution in [2.75, 3.05) is 7.11 Å². The highest BCUT2D eigenvalue weighted by molar-refractivity contribution is 5.73. The molecule has 4 aliphatic carbocycles. The van der Waals surface area contributed by atoms with Crippen LogP contribution in [0.25, 0.3) is 0 Å². The molecule has 0 radical (unpaired) electrons. The molecular formula is C22H34O3. The zero-order valence-corrected chi connectivity index (χ0v) is 16.3. The van der Waals surface area contributed by atoms with Crippen LogP contribution in [0.15, 0.2) is 11.6 Å². The molecule has 1 N–H and O–H groups in total. The number of aliphatic hydroxyl groups is 1. The van der Waals surface area contributed by atoms with Crippen LogP contribution in [0.5, 0.6) is 0 Å². The van der Waals surface area contributed by atoms with Crippen molar-refractivity contribution in [3.8, 4) is 0 Å². The van der Waals surface area contributed by atoms with E-state index in [1.54, 1.807) is 0 Å². The van der Waals surface area contributed by atoms with E-state index in [9.17, 15) is 9.90 Å². The van der Waals surface area contributed by atoms with Crippen molar-refractivity contribution >= 4 is 5.97 Å². The molecule has 4 aliphatic rings. The van der Waals surface area contributed by atoms with Crippen LogP contribution in [-0.2, 0) is 9.53 Å². The first kappa shape index (κ1) is 17.6. The first-order chi connectivity index (χ1) is 11.8. The maximum absolute atomic E-state index is 12.4. The molecule has 3 fully saturated rings. The molecule has 0 unspecified atom stereocenters. The minimum absolute atomic E-state index is 0.00939. The average molecular weight is 347 g/mol. The average Bonchev–Trinajstić information content (AvgIpc) is 2.93. The van der Waals surface area contributed by atoms with Gasteiger partial charge in [-0.05, 0) is 79.4 Å². The van der Waals surface area contributed by atoms with Gasteiger partial charge in [0.2, 0.25) is 0 Å². The van der Waals surface area contributed by atoms with E-state index in [1.807, 2.05) is 0 Å². The number of hydrogen-bond donors (Lipinski definition) is 1. The lowest BCUT2D eigenvalue weighted by Gasteiger charge is -2.59. The molecule has 0 saturated heterocycles. The van der Waals surface area contributed by atoms with E-state index in [0.29, 0.717) is 23.7 Å². The summed E-state index contributed by atoms with van der Waals surface area (Å²) in [5.41, 5.74) is 1.89. The zero-order chi connectivity index (χ0) is 18.0. The Morgan fingerprint density at radius 3 is 2.64 bits per heavy atom. The summed E-state index contributed by atoms with van der Waals surface area (Å²) in [5.74, 6) is 2.67. The van der Waals surface area contributed by atoms with Gasteiger partial charge in [-0.25, -0.2) is 0 Å². The van der Waals surface area contributed by atoms with Crippen molar-refractivity contribution in [3.05, 3.63) is 11.6 Å². The molecule has 4 rings (SSSR count). The van der Waals surface area contributed by atoms with E-state index < -0.39 is 0 Å². The number of esters is 1. The number of ether oxygens (including phenoxy) is 1. The quantitative estimate of drug-likeness (QED) is 0.567. The fraction of sp³-hybridized carbons (Fsp3) is 0.864. The molecule has 0 bridgehead atoms. The third-order valence-corrected chi connectivity index (χ3v) is 8.89. The topological polar surface area (TPSA) is 46.5 Å². The molecule has 0 spiro atoms. The molecule has 0 aliphatic heterocycles. The number of carbonyl (C=O) groups excluding carboxylic acids is 1. The molecule has 0 aromatic carbocycles. The van der Waals surface area contributed by atoms with E-state index >= 15 is 0 Å². The maximum Gasteiger partial charge on any atom is 0.309 e. The van der Waals surface area contributed by atoms with E-state index in [0.717, 1.165) is 32.1 Å². The minimum Gasteiger partial charge on any atom is -0.469 e. The third kappa shape index (κ3) is 2.37. The minimum atomic E-state index is -0.146. The van der Waals surface area contributed by atoms with Crippen LogP contribution in [0.4, 0.5) is 0 Å². The van der Waals surface area contributed by atoms with Gasteiger partial charge in [0.15, 0.2) is 0 Å². The fourth-order valence-electron chi connectivity index (χ4n) is 7.53. The summed E-state index contributed by atoms with van der Waals surface area (Å²) < 4.78 is 5.15. The van der Waals surface area contributed by atoms with Gasteiger partial charge < -0.3 is 9.84 Å². The number of allylic oxidation sites excluding steroid dienone is 1. The van der Waals surface area contributed by atoms with Crippen molar-refractivity contribution < 1.29 is 14.6 Å². The summed E-state index contributed by atoms with van der Waals surface area (Å²) in [6.45, 7) is 7.20. The predicted molar refractivity (Wildman–Crippen MR) is 97.8 cm³/mol. The number of rotatable bonds is 1. The number of fused-ring (bicyclic) bond motifs is 5. The van der Waals surface area contributed by atoms with Gasteiger partial charge in [0, 0.05) is 0 Å². The summed E-state index contributed by atoms with van der Waals surface area (Å²) in [6.07, 6.45) is 9.83. The van der Waals surface area contributed by atoms with Crippen LogP contribution in [0.2, 0.25) is 0 Å². The van der Waals surface area contributed by atoms with Gasteiger partial charge in [0.1, 0.15) is 0 Å². The van der Waals surface area contributed by atoms with Crippen molar-refractivity contribution in [3.63, 3.8) is 0 Å². The van der Waals surface area contributed by atoms with E-state index in [2.05, 4.69) is 26.8 Å². The third-order valence-electron chi connectivity index (χ3n) is 8.89. The van der Waals surface area contributed by atoms with Gasteiger partial charge in [-0.3, -0.25) is 4.79 Å². The van der Waals surface area contributed by atoms with Crippen LogP contribution in [-0.4, -0.2) is 24.3 Å². The molecule has 25 heavy (non-hydrogen) atoms. The van der Waals surface area contributed by atoms with Crippen molar-refractivity contribution in [1.82, 2.24) is 0 Å². The first-order valence-electron chi connectivity index (χ1n) is 10.3. The van der Waals surface area contributed by atoms with Crippen LogP contribution < -0.4 is 0 Å². The molecule has 0 heterocycles. The monoisotopic (exact) mass is 346 g/mol. The predicted octanol–water partition coefficient (Wildman–Crippen LogP) is 4.35. The highest BCUT2D eigenvalue weighted by Crippen LogP contribution is 2.67. The Hall–Kier alpha value is -0.830. The van der Waals surface area contributed by atoms with Gasteiger partial charge >= 0.3 is 5.97 Å². The standard InChI is InChI=1S/C22H34O3/c1-13-11-14-12-15(23)7-9-21(14,2)17-8-10-22(3)16(19(13)17)5-6-18(22)20(24)25-4/h11,13,15-19,23H,5-10,12H2,1-4H3/t13-,15-,16-,17-,18+,19-,21-,22-/m0/s1. The Morgan fingerprint density at radius 1 is 1.16 bits per heavy atom. The second-order valence-corrected chi connectivity index (χ2v) is 9.85. The van der Waals surface area contributed by atoms with E-state index in [4.69, 9.17) is 4.74 Å². The molecule has 140 valence electrons. The Kier molecular flexibility index (Phi) is 4.10. The molecule has 3 saturated carbocycles. The lowest BCUT2D eigenvalue weighted by Crippen LogP contribution is -2.53. The second-order valence-electron chi connectivity index (χ2n) is 9.85. The van der Waals surface area contributed by atoms with Crippen molar-refractivity contribution in [1.29, 1.82) is 0 Å².